The van der Waals surface area contributed by atoms with E-state index in [1.54, 1.807) is 39.9 Å². The van der Waals surface area contributed by atoms with Gasteiger partial charge in [0.25, 0.3) is 11.8 Å². The Bertz CT molecular complexity index is 1740. The zero-order valence-electron chi connectivity index (χ0n) is 27.7. The Kier molecular flexibility index (Phi) is 12.5. The van der Waals surface area contributed by atoms with E-state index in [0.717, 1.165) is 5.56 Å². The van der Waals surface area contributed by atoms with E-state index in [1.807, 2.05) is 30.3 Å². The Morgan fingerprint density at radius 2 is 1.55 bits per heavy atom. The van der Waals surface area contributed by atoms with E-state index in [2.05, 4.69) is 39.8 Å². The van der Waals surface area contributed by atoms with Crippen molar-refractivity contribution in [2.24, 2.45) is 5.92 Å². The number of aromatic nitrogens is 2. The Morgan fingerprint density at radius 3 is 2.27 bits per heavy atom. The molecule has 11 nitrogen and oxygen atoms in total. The number of hydrogen-bond acceptors (Lipinski definition) is 9. The topological polar surface area (TPSA) is 154 Å². The van der Waals surface area contributed by atoms with E-state index >= 15 is 0 Å². The van der Waals surface area contributed by atoms with Crippen LogP contribution in [-0.4, -0.2) is 63.2 Å². The molecule has 0 fully saturated rings. The Balaban J connectivity index is 1.39. The largest absolute Gasteiger partial charge is 0.508 e. The van der Waals surface area contributed by atoms with Crippen LogP contribution < -0.4 is 16.0 Å². The van der Waals surface area contributed by atoms with Crippen LogP contribution in [0.1, 0.15) is 93.7 Å². The summed E-state index contributed by atoms with van der Waals surface area (Å²) in [5, 5.41) is 23.6. The van der Waals surface area contributed by atoms with Crippen LogP contribution in [0.4, 0.5) is 0 Å². The van der Waals surface area contributed by atoms with Crippen molar-refractivity contribution >= 4 is 46.3 Å². The Labute approximate surface area is 294 Å². The molecule has 5 rings (SSSR count). The molecule has 0 saturated carbocycles. The number of amides is 4. The third kappa shape index (κ3) is 10.4. The third-order valence-corrected chi connectivity index (χ3v) is 9.99. The van der Waals surface area contributed by atoms with Crippen LogP contribution in [0.15, 0.2) is 65.4 Å². The molecule has 4 amide bonds. The molecule has 13 heteroatoms. The fourth-order valence-corrected chi connectivity index (χ4v) is 7.36. The van der Waals surface area contributed by atoms with Gasteiger partial charge >= 0.3 is 0 Å². The maximum Gasteiger partial charge on any atom is 0.271 e. The number of benzene rings is 2. The molecule has 0 aliphatic carbocycles. The number of carbonyl (C=O) groups is 4. The maximum atomic E-state index is 13.5. The first-order valence-electron chi connectivity index (χ1n) is 16.5. The van der Waals surface area contributed by atoms with Crippen LogP contribution in [0.25, 0.3) is 0 Å². The van der Waals surface area contributed by atoms with E-state index in [1.165, 1.54) is 22.7 Å². The summed E-state index contributed by atoms with van der Waals surface area (Å²) >= 11 is 2.63. The molecular weight excluding hydrogens is 661 g/mol. The number of rotatable bonds is 6. The predicted octanol–water partition coefficient (Wildman–Crippen LogP) is 5.21. The maximum absolute atomic E-state index is 13.5. The summed E-state index contributed by atoms with van der Waals surface area (Å²) in [6.07, 6.45) is 2.36. The van der Waals surface area contributed by atoms with Crippen molar-refractivity contribution in [2.75, 3.05) is 19.6 Å². The number of phenolic OH excluding ortho intramolecular Hbond substituents is 1. The predicted molar refractivity (Wildman–Crippen MR) is 189 cm³/mol. The molecule has 2 aromatic carbocycles. The molecule has 0 radical (unpaired) electrons. The first-order chi connectivity index (χ1) is 23.6. The summed E-state index contributed by atoms with van der Waals surface area (Å²) < 4.78 is 0. The first-order valence-corrected chi connectivity index (χ1v) is 18.3. The highest BCUT2D eigenvalue weighted by Crippen LogP contribution is 2.27. The molecule has 0 spiro atoms. The quantitative estimate of drug-likeness (QED) is 0.215. The van der Waals surface area contributed by atoms with Gasteiger partial charge < -0.3 is 26.0 Å². The van der Waals surface area contributed by atoms with Gasteiger partial charge in [0.2, 0.25) is 11.8 Å². The fraction of sp³-hybridized carbons (Fsp3) is 0.389. The standard InChI is InChI=1S/C36H42N6O5S2/c1-23(2)17-27-35-41-30(22-49-35)34(47)39-28(19-24-9-4-3-5-10-24)36-40-29(21-48-36)33(46)37-14-8-16-42(15-7-13-31(44)38-27)32(45)20-25-11-6-12-26(43)18-25/h3-6,9-12,18,21-23,27-28,43H,7-8,13-17,19-20H2,1-2H3,(H,37,46)(H,38,44)(H,39,47)/t27-,28-/m0/s1. The van der Waals surface area contributed by atoms with Crippen molar-refractivity contribution in [1.29, 1.82) is 0 Å². The molecule has 0 saturated heterocycles. The lowest BCUT2D eigenvalue weighted by atomic mass is 10.0. The van der Waals surface area contributed by atoms with Gasteiger partial charge in [0.05, 0.1) is 18.5 Å². The van der Waals surface area contributed by atoms with Crippen LogP contribution in [0, 0.1) is 5.92 Å². The summed E-state index contributed by atoms with van der Waals surface area (Å²) in [6.45, 7) is 5.19. The average Bonchev–Trinajstić information content (AvgIpc) is 3.76. The number of aromatic hydroxyl groups is 1. The van der Waals surface area contributed by atoms with Gasteiger partial charge in [-0.3, -0.25) is 19.2 Å². The van der Waals surface area contributed by atoms with Gasteiger partial charge in [0, 0.05) is 36.8 Å². The molecule has 258 valence electrons. The monoisotopic (exact) mass is 702 g/mol. The van der Waals surface area contributed by atoms with Crippen LogP contribution in [-0.2, 0) is 22.4 Å². The minimum Gasteiger partial charge on any atom is -0.508 e. The van der Waals surface area contributed by atoms with Gasteiger partial charge in [-0.15, -0.1) is 22.7 Å². The lowest BCUT2D eigenvalue weighted by Gasteiger charge is -2.23. The van der Waals surface area contributed by atoms with E-state index in [9.17, 15) is 24.3 Å². The van der Waals surface area contributed by atoms with Gasteiger partial charge in [-0.2, -0.15) is 0 Å². The average molecular weight is 703 g/mol. The molecule has 3 heterocycles. The van der Waals surface area contributed by atoms with Crippen LogP contribution in [0.3, 0.4) is 0 Å². The minimum atomic E-state index is -0.502. The number of fused-ring (bicyclic) bond motifs is 4. The highest BCUT2D eigenvalue weighted by molar-refractivity contribution is 7.10. The van der Waals surface area contributed by atoms with Crippen molar-refractivity contribution in [3.63, 3.8) is 0 Å². The molecule has 1 aliphatic heterocycles. The highest BCUT2D eigenvalue weighted by Gasteiger charge is 2.26. The molecule has 4 bridgehead atoms. The Hall–Kier alpha value is -4.62. The normalized spacial score (nSPS) is 18.3. The van der Waals surface area contributed by atoms with E-state index < -0.39 is 6.04 Å². The molecule has 0 unspecified atom stereocenters. The molecular formula is C36H42N6O5S2. The van der Waals surface area contributed by atoms with E-state index in [-0.39, 0.29) is 65.6 Å². The van der Waals surface area contributed by atoms with Crippen molar-refractivity contribution in [1.82, 2.24) is 30.8 Å². The summed E-state index contributed by atoms with van der Waals surface area (Å²) in [7, 11) is 0. The van der Waals surface area contributed by atoms with Crippen LogP contribution in [0.2, 0.25) is 0 Å². The van der Waals surface area contributed by atoms with Crippen LogP contribution >= 0.6 is 22.7 Å². The number of phenols is 1. The van der Waals surface area contributed by atoms with Gasteiger partial charge in [-0.05, 0) is 54.9 Å². The smallest absolute Gasteiger partial charge is 0.271 e. The second kappa shape index (κ2) is 17.2. The summed E-state index contributed by atoms with van der Waals surface area (Å²) in [5.41, 5.74) is 2.20. The molecule has 2 aromatic heterocycles. The number of nitrogens with zero attached hydrogens (tertiary/aromatic N) is 3. The summed E-state index contributed by atoms with van der Waals surface area (Å²) in [4.78, 5) is 64.2. The van der Waals surface area contributed by atoms with Gasteiger partial charge in [0.1, 0.15) is 27.2 Å². The second-order valence-corrected chi connectivity index (χ2v) is 14.3. The fourth-order valence-electron chi connectivity index (χ4n) is 5.65. The lowest BCUT2D eigenvalue weighted by Crippen LogP contribution is -2.37. The van der Waals surface area contributed by atoms with Gasteiger partial charge in [-0.1, -0.05) is 56.3 Å². The number of thiazole rings is 2. The van der Waals surface area contributed by atoms with Crippen molar-refractivity contribution in [3.8, 4) is 5.75 Å². The SMILES string of the molecule is CC(C)C[C@@H]1NC(=O)CCCN(C(=O)Cc2cccc(O)c2)CCCNC(=O)c2csc(n2)[C@H](Cc2ccccc2)NC(=O)c2csc1n2. The highest BCUT2D eigenvalue weighted by atomic mass is 32.1. The molecule has 49 heavy (non-hydrogen) atoms. The van der Waals surface area contributed by atoms with Crippen molar-refractivity contribution in [3.05, 3.63) is 97.9 Å². The van der Waals surface area contributed by atoms with Crippen molar-refractivity contribution in [2.45, 2.75) is 64.5 Å². The van der Waals surface area contributed by atoms with E-state index in [4.69, 9.17) is 0 Å². The molecule has 1 aliphatic rings. The minimum absolute atomic E-state index is 0.0895. The number of hydrogen-bond donors (Lipinski definition) is 4. The molecule has 4 N–H and O–H groups in total. The second-order valence-electron chi connectivity index (χ2n) is 12.5. The van der Waals surface area contributed by atoms with Crippen LogP contribution in [0.5, 0.6) is 5.75 Å². The molecule has 2 atom stereocenters. The van der Waals surface area contributed by atoms with Crippen molar-refractivity contribution < 1.29 is 24.3 Å². The number of carbonyl (C=O) groups excluding carboxylic acids is 4. The third-order valence-electron chi connectivity index (χ3n) is 8.08. The molecule has 4 aromatic rings. The van der Waals surface area contributed by atoms with Gasteiger partial charge in [-0.25, -0.2) is 9.97 Å². The summed E-state index contributed by atoms with van der Waals surface area (Å²) in [6, 6.07) is 15.5. The zero-order valence-corrected chi connectivity index (χ0v) is 29.3. The summed E-state index contributed by atoms with van der Waals surface area (Å²) in [5.74, 6) is -0.639. The van der Waals surface area contributed by atoms with E-state index in [0.29, 0.717) is 60.9 Å². The first kappa shape index (κ1) is 35.7. The number of nitrogens with one attached hydrogen (secondary N) is 3. The zero-order chi connectivity index (χ0) is 34.8. The van der Waals surface area contributed by atoms with Gasteiger partial charge in [0.15, 0.2) is 0 Å². The Morgan fingerprint density at radius 1 is 0.878 bits per heavy atom. The lowest BCUT2D eigenvalue weighted by molar-refractivity contribution is -0.131.